The highest BCUT2D eigenvalue weighted by Gasteiger charge is 2.08. The molecule has 1 rings (SSSR count). The predicted octanol–water partition coefficient (Wildman–Crippen LogP) is 2.21. The van der Waals surface area contributed by atoms with E-state index < -0.39 is 0 Å². The fourth-order valence-corrected chi connectivity index (χ4v) is 1.30. The second-order valence-corrected chi connectivity index (χ2v) is 3.26. The molecule has 62 valence electrons. The lowest BCUT2D eigenvalue weighted by molar-refractivity contribution is 0.343. The molecule has 0 spiro atoms. The fraction of sp³-hybridized carbons (Fsp3) is 0.600. The van der Waals surface area contributed by atoms with E-state index in [-0.39, 0.29) is 0 Å². The minimum Gasteiger partial charge on any atom is -0.303 e. The number of allylic oxidation sites excluding steroid dienone is 2. The average Bonchev–Trinajstić information content (AvgIpc) is 2.05. The minimum absolute atomic E-state index is 0.616. The van der Waals surface area contributed by atoms with Crippen molar-refractivity contribution in [3.8, 4) is 0 Å². The van der Waals surface area contributed by atoms with Gasteiger partial charge < -0.3 is 4.90 Å². The summed E-state index contributed by atoms with van der Waals surface area (Å²) < 4.78 is 0. The highest BCUT2D eigenvalue weighted by atomic mass is 15.1. The Kier molecular flexibility index (Phi) is 2.89. The molecule has 0 amide bonds. The molecule has 1 aliphatic rings. The number of hydrogen-bond donors (Lipinski definition) is 0. The summed E-state index contributed by atoms with van der Waals surface area (Å²) in [5, 5.41) is 0. The summed E-state index contributed by atoms with van der Waals surface area (Å²) in [5.74, 6) is 0. The largest absolute Gasteiger partial charge is 0.303 e. The van der Waals surface area contributed by atoms with Gasteiger partial charge in [0.15, 0.2) is 0 Å². The van der Waals surface area contributed by atoms with E-state index in [9.17, 15) is 0 Å². The molecular weight excluding hydrogens is 134 g/mol. The highest BCUT2D eigenvalue weighted by molar-refractivity contribution is 5.24. The van der Waals surface area contributed by atoms with E-state index in [1.807, 2.05) is 0 Å². The van der Waals surface area contributed by atoms with Gasteiger partial charge in [0.25, 0.3) is 0 Å². The topological polar surface area (TPSA) is 3.24 Å². The van der Waals surface area contributed by atoms with Gasteiger partial charge in [-0.05, 0) is 26.9 Å². The molecule has 0 saturated carbocycles. The monoisotopic (exact) mass is 151 g/mol. The predicted molar refractivity (Wildman–Crippen MR) is 49.6 cm³/mol. The maximum absolute atomic E-state index is 2.34. The van der Waals surface area contributed by atoms with Gasteiger partial charge in [-0.25, -0.2) is 0 Å². The zero-order valence-electron chi connectivity index (χ0n) is 7.67. The van der Waals surface area contributed by atoms with Crippen molar-refractivity contribution in [2.24, 2.45) is 0 Å². The van der Waals surface area contributed by atoms with Crippen LogP contribution in [-0.4, -0.2) is 25.0 Å². The molecular formula is C10H17N. The molecule has 0 aromatic carbocycles. The highest BCUT2D eigenvalue weighted by Crippen LogP contribution is 2.15. The Bertz CT molecular complexity index is 177. The number of nitrogens with zero attached hydrogens (tertiary/aromatic N) is 1. The third-order valence-electron chi connectivity index (χ3n) is 2.23. The average molecular weight is 151 g/mol. The standard InChI is InChI=1S/C10H17N/c1-4-9-5-7-10(8-6-9)11(2)3/h5-7,10H,4,8H2,1-3H3. The van der Waals surface area contributed by atoms with Gasteiger partial charge in [0.2, 0.25) is 0 Å². The molecule has 1 atom stereocenters. The van der Waals surface area contributed by atoms with Gasteiger partial charge in [-0.1, -0.05) is 30.7 Å². The van der Waals surface area contributed by atoms with Crippen LogP contribution in [0.3, 0.4) is 0 Å². The van der Waals surface area contributed by atoms with Crippen molar-refractivity contribution in [2.75, 3.05) is 14.1 Å². The zero-order chi connectivity index (χ0) is 8.27. The molecule has 0 saturated heterocycles. The summed E-state index contributed by atoms with van der Waals surface area (Å²) in [5.41, 5.74) is 1.48. The SMILES string of the molecule is CCC1=CCC(N(C)C)C=C1. The summed E-state index contributed by atoms with van der Waals surface area (Å²) in [4.78, 5) is 2.25. The molecule has 0 bridgehead atoms. The van der Waals surface area contributed by atoms with Crippen LogP contribution in [0.1, 0.15) is 19.8 Å². The second-order valence-electron chi connectivity index (χ2n) is 3.26. The first kappa shape index (κ1) is 8.54. The van der Waals surface area contributed by atoms with E-state index in [0.29, 0.717) is 6.04 Å². The van der Waals surface area contributed by atoms with Gasteiger partial charge in [-0.15, -0.1) is 0 Å². The molecule has 1 heteroatoms. The smallest absolute Gasteiger partial charge is 0.0309 e. The van der Waals surface area contributed by atoms with Crippen LogP contribution < -0.4 is 0 Å². The molecule has 11 heavy (non-hydrogen) atoms. The Morgan fingerprint density at radius 2 is 2.27 bits per heavy atom. The van der Waals surface area contributed by atoms with E-state index in [0.717, 1.165) is 6.42 Å². The molecule has 0 heterocycles. The Hall–Kier alpha value is -0.560. The number of hydrogen-bond acceptors (Lipinski definition) is 1. The van der Waals surface area contributed by atoms with Gasteiger partial charge in [0.1, 0.15) is 0 Å². The molecule has 0 radical (unpaired) electrons. The molecule has 1 unspecified atom stereocenters. The number of likely N-dealkylation sites (N-methyl/N-ethyl adjacent to an activating group) is 1. The van der Waals surface area contributed by atoms with E-state index >= 15 is 0 Å². The van der Waals surface area contributed by atoms with Crippen molar-refractivity contribution >= 4 is 0 Å². The first-order valence-corrected chi connectivity index (χ1v) is 4.27. The summed E-state index contributed by atoms with van der Waals surface area (Å²) in [6.07, 6.45) is 9.21. The van der Waals surface area contributed by atoms with E-state index in [1.54, 1.807) is 0 Å². The summed E-state index contributed by atoms with van der Waals surface area (Å²) >= 11 is 0. The zero-order valence-corrected chi connectivity index (χ0v) is 7.67. The van der Waals surface area contributed by atoms with Crippen molar-refractivity contribution in [2.45, 2.75) is 25.8 Å². The summed E-state index contributed by atoms with van der Waals surface area (Å²) in [6, 6.07) is 0.616. The molecule has 0 aromatic heterocycles. The van der Waals surface area contributed by atoms with Crippen LogP contribution in [0.4, 0.5) is 0 Å². The Labute approximate surface area is 69.4 Å². The molecule has 0 aliphatic heterocycles. The fourth-order valence-electron chi connectivity index (χ4n) is 1.30. The van der Waals surface area contributed by atoms with Crippen LogP contribution in [-0.2, 0) is 0 Å². The van der Waals surface area contributed by atoms with E-state index in [2.05, 4.69) is 44.1 Å². The Morgan fingerprint density at radius 3 is 2.64 bits per heavy atom. The quantitative estimate of drug-likeness (QED) is 0.585. The lowest BCUT2D eigenvalue weighted by Crippen LogP contribution is -2.26. The Balaban J connectivity index is 2.50. The van der Waals surface area contributed by atoms with Gasteiger partial charge in [0, 0.05) is 6.04 Å². The van der Waals surface area contributed by atoms with E-state index in [1.165, 1.54) is 12.0 Å². The molecule has 1 aliphatic carbocycles. The van der Waals surface area contributed by atoms with Gasteiger partial charge in [-0.2, -0.15) is 0 Å². The summed E-state index contributed by atoms with van der Waals surface area (Å²) in [6.45, 7) is 2.20. The summed E-state index contributed by atoms with van der Waals surface area (Å²) in [7, 11) is 4.25. The van der Waals surface area contributed by atoms with Crippen LogP contribution in [0.25, 0.3) is 0 Å². The first-order chi connectivity index (χ1) is 5.24. The van der Waals surface area contributed by atoms with Crippen molar-refractivity contribution in [3.63, 3.8) is 0 Å². The van der Waals surface area contributed by atoms with Crippen molar-refractivity contribution in [3.05, 3.63) is 23.8 Å². The van der Waals surface area contributed by atoms with Gasteiger partial charge in [0.05, 0.1) is 0 Å². The van der Waals surface area contributed by atoms with Gasteiger partial charge >= 0.3 is 0 Å². The lowest BCUT2D eigenvalue weighted by Gasteiger charge is -2.22. The second kappa shape index (κ2) is 3.72. The molecule has 1 nitrogen and oxygen atoms in total. The van der Waals surface area contributed by atoms with Crippen LogP contribution in [0, 0.1) is 0 Å². The third-order valence-corrected chi connectivity index (χ3v) is 2.23. The van der Waals surface area contributed by atoms with E-state index in [4.69, 9.17) is 0 Å². The van der Waals surface area contributed by atoms with Gasteiger partial charge in [-0.3, -0.25) is 0 Å². The number of rotatable bonds is 2. The van der Waals surface area contributed by atoms with Crippen LogP contribution in [0.5, 0.6) is 0 Å². The van der Waals surface area contributed by atoms with Crippen molar-refractivity contribution < 1.29 is 0 Å². The first-order valence-electron chi connectivity index (χ1n) is 4.27. The van der Waals surface area contributed by atoms with Crippen LogP contribution in [0.2, 0.25) is 0 Å². The van der Waals surface area contributed by atoms with Crippen LogP contribution >= 0.6 is 0 Å². The maximum Gasteiger partial charge on any atom is 0.0309 e. The minimum atomic E-state index is 0.616. The maximum atomic E-state index is 2.34. The van der Waals surface area contributed by atoms with Crippen LogP contribution in [0.15, 0.2) is 23.8 Å². The molecule has 0 aromatic rings. The molecule has 0 fully saturated rings. The van der Waals surface area contributed by atoms with Crippen molar-refractivity contribution in [1.29, 1.82) is 0 Å². The Morgan fingerprint density at radius 1 is 1.55 bits per heavy atom. The van der Waals surface area contributed by atoms with Crippen molar-refractivity contribution in [1.82, 2.24) is 4.90 Å². The lowest BCUT2D eigenvalue weighted by atomic mass is 10.0. The molecule has 0 N–H and O–H groups in total. The normalized spacial score (nSPS) is 24.0. The third kappa shape index (κ3) is 2.19.